The van der Waals surface area contributed by atoms with Crippen molar-refractivity contribution in [1.82, 2.24) is 9.58 Å². The zero-order valence-electron chi connectivity index (χ0n) is 21.1. The van der Waals surface area contributed by atoms with Gasteiger partial charge in [-0.25, -0.2) is 4.39 Å². The van der Waals surface area contributed by atoms with Crippen molar-refractivity contribution in [3.8, 4) is 5.75 Å². The van der Waals surface area contributed by atoms with Crippen LogP contribution in [0, 0.1) is 5.82 Å². The number of ether oxygens (including phenoxy) is 1. The molecule has 1 aromatic heterocycles. The van der Waals surface area contributed by atoms with Crippen molar-refractivity contribution in [3.05, 3.63) is 93.2 Å². The van der Waals surface area contributed by atoms with Crippen LogP contribution in [0.5, 0.6) is 5.75 Å². The van der Waals surface area contributed by atoms with Gasteiger partial charge in [-0.05, 0) is 41.8 Å². The van der Waals surface area contributed by atoms with Crippen molar-refractivity contribution in [3.63, 3.8) is 0 Å². The molecule has 7 nitrogen and oxygen atoms in total. The molecule has 2 aromatic carbocycles. The van der Waals surface area contributed by atoms with Crippen LogP contribution >= 0.6 is 11.8 Å². The van der Waals surface area contributed by atoms with Crippen LogP contribution < -0.4 is 10.4 Å². The van der Waals surface area contributed by atoms with Gasteiger partial charge in [0.2, 0.25) is 5.43 Å². The van der Waals surface area contributed by atoms with Crippen molar-refractivity contribution in [2.75, 3.05) is 18.2 Å². The van der Waals surface area contributed by atoms with E-state index in [1.54, 1.807) is 31.2 Å². The lowest BCUT2D eigenvalue weighted by Crippen LogP contribution is -2.68. The van der Waals surface area contributed by atoms with Gasteiger partial charge in [-0.2, -0.15) is 0 Å². The zero-order valence-corrected chi connectivity index (χ0v) is 18.9. The number of thioether (sulfide) groups is 1. The van der Waals surface area contributed by atoms with Gasteiger partial charge in [-0.1, -0.05) is 24.3 Å². The third-order valence-corrected chi connectivity index (χ3v) is 7.20. The molecular formula is C25H22FN3O4S. The van der Waals surface area contributed by atoms with E-state index >= 15 is 0 Å². The minimum atomic E-state index is -2.09. The van der Waals surface area contributed by atoms with Crippen molar-refractivity contribution in [2.45, 2.75) is 35.7 Å². The molecule has 6 rings (SSSR count). The second-order valence-electron chi connectivity index (χ2n) is 8.38. The fourth-order valence-electron chi connectivity index (χ4n) is 4.80. The summed E-state index contributed by atoms with van der Waals surface area (Å²) >= 11 is 0.870. The minimum Gasteiger partial charge on any atom is -0.502 e. The maximum absolute atomic E-state index is 14.5. The zero-order chi connectivity index (χ0) is 26.3. The number of pyridine rings is 1. The molecular weight excluding hydrogens is 457 g/mol. The number of carbonyl (C=O) groups is 1. The summed E-state index contributed by atoms with van der Waals surface area (Å²) in [7, 11) is 0. The topological polar surface area (TPSA) is 75.0 Å². The van der Waals surface area contributed by atoms with E-state index in [9.17, 15) is 20.5 Å². The lowest BCUT2D eigenvalue weighted by atomic mass is 9.93. The summed E-state index contributed by atoms with van der Waals surface area (Å²) in [5.74, 6) is -1.98. The number of aromatic nitrogens is 1. The Balaban J connectivity index is 1.75. The Labute approximate surface area is 203 Å². The van der Waals surface area contributed by atoms with Crippen LogP contribution in [-0.4, -0.2) is 46.0 Å². The van der Waals surface area contributed by atoms with E-state index < -0.39 is 46.8 Å². The number of hydrogen-bond donors (Lipinski definition) is 1. The van der Waals surface area contributed by atoms with Gasteiger partial charge in [0.15, 0.2) is 11.4 Å². The molecule has 1 saturated heterocycles. The Bertz CT molecular complexity index is 1520. The molecule has 1 fully saturated rings. The summed E-state index contributed by atoms with van der Waals surface area (Å²) in [5.41, 5.74) is -2.60. The van der Waals surface area contributed by atoms with E-state index in [4.69, 9.17) is 7.48 Å². The third-order valence-electron chi connectivity index (χ3n) is 6.31. The number of aromatic hydroxyl groups is 1. The van der Waals surface area contributed by atoms with E-state index in [-0.39, 0.29) is 30.0 Å². The van der Waals surface area contributed by atoms with Gasteiger partial charge in [-0.15, -0.1) is 11.8 Å². The number of morpholine rings is 1. The fraction of sp³-hybridized carbons (Fsp3) is 0.280. The van der Waals surface area contributed by atoms with Crippen molar-refractivity contribution in [2.24, 2.45) is 0 Å². The lowest BCUT2D eigenvalue weighted by molar-refractivity contribution is -0.0468. The monoisotopic (exact) mass is 482 g/mol. The number of carbonyl (C=O) groups excluding carboxylic acids is 1. The average molecular weight is 483 g/mol. The van der Waals surface area contributed by atoms with Crippen molar-refractivity contribution in [1.29, 1.82) is 0 Å². The molecule has 9 heteroatoms. The van der Waals surface area contributed by atoms with E-state index in [1.165, 1.54) is 32.9 Å². The minimum absolute atomic E-state index is 0.0156. The average Bonchev–Trinajstić information content (AvgIpc) is 2.92. The van der Waals surface area contributed by atoms with E-state index in [0.717, 1.165) is 23.9 Å². The molecule has 0 unspecified atom stereocenters. The van der Waals surface area contributed by atoms with Gasteiger partial charge in [-0.3, -0.25) is 19.3 Å². The van der Waals surface area contributed by atoms with Crippen LogP contribution in [0.1, 0.15) is 44.2 Å². The predicted molar refractivity (Wildman–Crippen MR) is 125 cm³/mol. The number of nitrogens with zero attached hydrogens (tertiary/aromatic N) is 3. The molecule has 3 atom stereocenters. The summed E-state index contributed by atoms with van der Waals surface area (Å²) in [5, 5.41) is 12.3. The van der Waals surface area contributed by atoms with Gasteiger partial charge in [0.05, 0.1) is 26.6 Å². The van der Waals surface area contributed by atoms with E-state index in [2.05, 4.69) is 0 Å². The molecule has 3 aliphatic heterocycles. The highest BCUT2D eigenvalue weighted by Gasteiger charge is 2.47. The Morgan fingerprint density at radius 3 is 2.85 bits per heavy atom. The molecule has 0 radical (unpaired) electrons. The first-order chi connectivity index (χ1) is 17.6. The Morgan fingerprint density at radius 1 is 1.18 bits per heavy atom. The lowest BCUT2D eigenvalue weighted by Gasteiger charge is -2.53. The highest BCUT2D eigenvalue weighted by molar-refractivity contribution is 7.98. The number of halogens is 1. The van der Waals surface area contributed by atoms with E-state index in [1.807, 2.05) is 0 Å². The number of fused-ring (bicyclic) bond motifs is 4. The van der Waals surface area contributed by atoms with Gasteiger partial charge < -0.3 is 14.7 Å². The number of benzene rings is 2. The quantitative estimate of drug-likeness (QED) is 0.574. The third kappa shape index (κ3) is 3.07. The van der Waals surface area contributed by atoms with Crippen molar-refractivity contribution >= 4 is 17.7 Å². The van der Waals surface area contributed by atoms with Gasteiger partial charge >= 0.3 is 0 Å². The predicted octanol–water partition coefficient (Wildman–Crippen LogP) is 3.23. The standard InChI is InChI=1S/C25H22FN3O4S/c1-14-11-33-12-21-28(14)25(32)23-24(31)19(30)8-9-27(23)29(21)22-17-7-6-16(26)10-15(17)13-34-20-5-3-2-4-18(20)22/h2-10,14,21-22,31H,11-13H2,1H3/t14-,21+,22+/m0/s1/i13D2,22D. The molecule has 4 heterocycles. The SMILES string of the molecule is [2H]C1([2H])Sc2ccccc2[C@]([2H])(N2[C@@H]3COC[C@H](C)N3C(=O)c3c(O)c(=O)ccn32)c2ccc(F)cc21. The molecule has 1 N–H and O–H groups in total. The van der Waals surface area contributed by atoms with E-state index in [0.29, 0.717) is 10.5 Å². The summed E-state index contributed by atoms with van der Waals surface area (Å²) in [4.78, 5) is 28.0. The van der Waals surface area contributed by atoms with Crippen molar-refractivity contribution < 1.29 is 23.1 Å². The number of amides is 1. The number of rotatable bonds is 1. The van der Waals surface area contributed by atoms with Crippen LogP contribution in [0.15, 0.2) is 64.4 Å². The van der Waals surface area contributed by atoms with Crippen LogP contribution in [-0.2, 0) is 10.4 Å². The molecule has 3 aliphatic rings. The van der Waals surface area contributed by atoms with Crippen LogP contribution in [0.3, 0.4) is 0 Å². The molecule has 174 valence electrons. The van der Waals surface area contributed by atoms with Crippen LogP contribution in [0.4, 0.5) is 4.39 Å². The smallest absolute Gasteiger partial charge is 0.278 e. The summed E-state index contributed by atoms with van der Waals surface area (Å²) < 4.78 is 49.3. The first-order valence-corrected chi connectivity index (χ1v) is 11.6. The summed E-state index contributed by atoms with van der Waals surface area (Å²) in [6.45, 7) is 2.00. The molecule has 0 saturated carbocycles. The maximum Gasteiger partial charge on any atom is 0.278 e. The molecule has 1 amide bonds. The Hall–Kier alpha value is -3.30. The first kappa shape index (κ1) is 18.1. The molecule has 34 heavy (non-hydrogen) atoms. The highest BCUT2D eigenvalue weighted by atomic mass is 32.2. The largest absolute Gasteiger partial charge is 0.502 e. The number of hydrogen-bond acceptors (Lipinski definition) is 6. The maximum atomic E-state index is 14.5. The first-order valence-electron chi connectivity index (χ1n) is 12.3. The second kappa shape index (κ2) is 7.89. The normalized spacial score (nSPS) is 28.4. The fourth-order valence-corrected chi connectivity index (χ4v) is 5.61. The highest BCUT2D eigenvalue weighted by Crippen LogP contribution is 2.44. The molecule has 0 spiro atoms. The van der Waals surface area contributed by atoms with Crippen LogP contribution in [0.25, 0.3) is 0 Å². The molecule has 0 bridgehead atoms. The summed E-state index contributed by atoms with van der Waals surface area (Å²) in [6.07, 6.45) is 0.462. The second-order valence-corrected chi connectivity index (χ2v) is 9.23. The summed E-state index contributed by atoms with van der Waals surface area (Å²) in [6, 6.07) is 9.21. The van der Waals surface area contributed by atoms with Gasteiger partial charge in [0.25, 0.3) is 5.91 Å². The van der Waals surface area contributed by atoms with Gasteiger partial charge in [0, 0.05) is 25.6 Å². The van der Waals surface area contributed by atoms with Crippen LogP contribution in [0.2, 0.25) is 0 Å². The van der Waals surface area contributed by atoms with Gasteiger partial charge in [0.1, 0.15) is 12.0 Å². The Kier molecular flexibility index (Phi) is 4.19. The molecule has 3 aromatic rings. The Morgan fingerprint density at radius 2 is 2.00 bits per heavy atom. The molecule has 0 aliphatic carbocycles.